The van der Waals surface area contributed by atoms with Gasteiger partial charge in [-0.25, -0.2) is 9.78 Å². The van der Waals surface area contributed by atoms with E-state index < -0.39 is 5.97 Å². The Morgan fingerprint density at radius 3 is 3.12 bits per heavy atom. The summed E-state index contributed by atoms with van der Waals surface area (Å²) in [5.41, 5.74) is 0. The van der Waals surface area contributed by atoms with Gasteiger partial charge in [-0.05, 0) is 0 Å². The number of aromatic nitrogens is 1. The highest BCUT2D eigenvalue weighted by atomic mass is 32.2. The van der Waals surface area contributed by atoms with Gasteiger partial charge in [0.05, 0.1) is 0 Å². The molecule has 0 saturated heterocycles. The predicted molar refractivity (Wildman–Crippen MR) is 67.3 cm³/mol. The fourth-order valence-electron chi connectivity index (χ4n) is 0.976. The van der Waals surface area contributed by atoms with Gasteiger partial charge < -0.3 is 10.4 Å². The van der Waals surface area contributed by atoms with Crippen LogP contribution < -0.4 is 5.32 Å². The quantitative estimate of drug-likeness (QED) is 0.470. The molecule has 0 aliphatic rings. The average Bonchev–Trinajstić information content (AvgIpc) is 2.75. The van der Waals surface area contributed by atoms with Crippen LogP contribution in [0.4, 0.5) is 0 Å². The van der Waals surface area contributed by atoms with Gasteiger partial charge in [0.2, 0.25) is 5.84 Å². The van der Waals surface area contributed by atoms with Gasteiger partial charge in [-0.3, -0.25) is 4.99 Å². The van der Waals surface area contributed by atoms with Gasteiger partial charge >= 0.3 is 5.97 Å². The van der Waals surface area contributed by atoms with Crippen LogP contribution in [0.25, 0.3) is 0 Å². The molecule has 0 unspecified atom stereocenters. The second kappa shape index (κ2) is 7.24. The monoisotopic (exact) mass is 259 g/mol. The average molecular weight is 259 g/mol. The summed E-state index contributed by atoms with van der Waals surface area (Å²) in [4.78, 5) is 18.3. The molecule has 16 heavy (non-hydrogen) atoms. The van der Waals surface area contributed by atoms with E-state index in [9.17, 15) is 4.79 Å². The molecule has 0 bridgehead atoms. The molecule has 88 valence electrons. The molecule has 1 aromatic rings. The molecule has 1 rings (SSSR count). The highest BCUT2D eigenvalue weighted by Crippen LogP contribution is 2.13. The summed E-state index contributed by atoms with van der Waals surface area (Å²) < 4.78 is 0. The Morgan fingerprint density at radius 1 is 1.75 bits per heavy atom. The lowest BCUT2D eigenvalue weighted by Crippen LogP contribution is -2.32. The summed E-state index contributed by atoms with van der Waals surface area (Å²) >= 11 is 3.34. The molecule has 0 saturated carbocycles. The van der Waals surface area contributed by atoms with Gasteiger partial charge in [0.25, 0.3) is 0 Å². The molecule has 7 heteroatoms. The maximum absolute atomic E-state index is 10.6. The van der Waals surface area contributed by atoms with Crippen LogP contribution in [-0.4, -0.2) is 41.2 Å². The molecule has 1 heterocycles. The van der Waals surface area contributed by atoms with Gasteiger partial charge in [-0.1, -0.05) is 0 Å². The number of carboxylic acids is 1. The maximum Gasteiger partial charge on any atom is 0.371 e. The molecule has 5 nitrogen and oxygen atoms in total. The van der Waals surface area contributed by atoms with Gasteiger partial charge in [-0.2, -0.15) is 11.8 Å². The molecule has 0 aliphatic heterocycles. The lowest BCUT2D eigenvalue weighted by atomic mass is 10.5. The zero-order chi connectivity index (χ0) is 11.8. The minimum atomic E-state index is -1.02. The zero-order valence-corrected chi connectivity index (χ0v) is 10.5. The number of thiazole rings is 1. The highest BCUT2D eigenvalue weighted by molar-refractivity contribution is 7.98. The van der Waals surface area contributed by atoms with Crippen LogP contribution >= 0.6 is 23.1 Å². The summed E-state index contributed by atoms with van der Waals surface area (Å²) in [6, 6.07) is 0. The van der Waals surface area contributed by atoms with Gasteiger partial charge in [0.1, 0.15) is 5.01 Å². The Labute approximate surface area is 102 Å². The Morgan fingerprint density at radius 2 is 2.56 bits per heavy atom. The predicted octanol–water partition coefficient (Wildman–Crippen LogP) is 1.08. The van der Waals surface area contributed by atoms with Crippen molar-refractivity contribution in [3.05, 3.63) is 16.6 Å². The van der Waals surface area contributed by atoms with E-state index in [0.717, 1.165) is 16.5 Å². The molecule has 0 atom stereocenters. The normalized spacial score (nSPS) is 11.4. The molecule has 1 aromatic heterocycles. The number of hydrogen-bond acceptors (Lipinski definition) is 5. The van der Waals surface area contributed by atoms with Crippen LogP contribution in [0.15, 0.2) is 16.6 Å². The van der Waals surface area contributed by atoms with Crippen molar-refractivity contribution in [3.63, 3.8) is 0 Å². The number of aliphatic imine (C=N–C) groups is 1. The fraction of sp³-hybridized carbons (Fsp3) is 0.444. The van der Waals surface area contributed by atoms with Crippen molar-refractivity contribution in [2.24, 2.45) is 4.99 Å². The number of thioether (sulfide) groups is 1. The molecule has 0 amide bonds. The number of carboxylic acid groups (broad SMARTS) is 1. The molecule has 0 aromatic carbocycles. The molecule has 0 fully saturated rings. The van der Waals surface area contributed by atoms with Crippen LogP contribution in [-0.2, 0) is 10.5 Å². The number of hydrogen-bond donors (Lipinski definition) is 2. The van der Waals surface area contributed by atoms with Crippen LogP contribution in [0, 0.1) is 0 Å². The number of aliphatic carboxylic acids is 1. The van der Waals surface area contributed by atoms with Crippen LogP contribution in [0.5, 0.6) is 0 Å². The number of carbonyl (C=O) groups is 1. The summed E-state index contributed by atoms with van der Waals surface area (Å²) in [7, 11) is 1.46. The molecule has 0 spiro atoms. The second-order valence-corrected chi connectivity index (χ2v) is 4.87. The number of nitrogens with zero attached hydrogens (tertiary/aromatic N) is 2. The van der Waals surface area contributed by atoms with Crippen molar-refractivity contribution in [1.82, 2.24) is 10.3 Å². The van der Waals surface area contributed by atoms with Crippen molar-refractivity contribution in [3.8, 4) is 0 Å². The second-order valence-electron chi connectivity index (χ2n) is 2.78. The van der Waals surface area contributed by atoms with Crippen molar-refractivity contribution in [1.29, 1.82) is 0 Å². The third-order valence-electron chi connectivity index (χ3n) is 1.67. The number of nitrogens with one attached hydrogen (secondary N) is 1. The summed E-state index contributed by atoms with van der Waals surface area (Å²) in [6.45, 7) is 0.592. The van der Waals surface area contributed by atoms with Gasteiger partial charge in [0.15, 0.2) is 0 Å². The van der Waals surface area contributed by atoms with E-state index in [1.54, 1.807) is 29.3 Å². The first-order chi connectivity index (χ1) is 7.74. The third kappa shape index (κ3) is 4.63. The third-order valence-corrected chi connectivity index (χ3v) is 3.61. The maximum atomic E-state index is 10.6. The lowest BCUT2D eigenvalue weighted by Gasteiger charge is -2.04. The van der Waals surface area contributed by atoms with Crippen molar-refractivity contribution in [2.75, 3.05) is 19.3 Å². The number of rotatable bonds is 5. The molecular formula is C9H13N3O2S2. The largest absolute Gasteiger partial charge is 0.475 e. The van der Waals surface area contributed by atoms with Gasteiger partial charge in [0, 0.05) is 36.7 Å². The SMILES string of the molecule is CN=C(NCCSCc1nccs1)C(=O)O. The highest BCUT2D eigenvalue weighted by Gasteiger charge is 2.05. The minimum absolute atomic E-state index is 0.00912. The summed E-state index contributed by atoms with van der Waals surface area (Å²) in [6.07, 6.45) is 1.78. The van der Waals surface area contributed by atoms with E-state index >= 15 is 0 Å². The van der Waals surface area contributed by atoms with Gasteiger partial charge in [-0.15, -0.1) is 11.3 Å². The van der Waals surface area contributed by atoms with E-state index in [-0.39, 0.29) is 5.84 Å². The Balaban J connectivity index is 2.10. The first kappa shape index (κ1) is 13.0. The fourth-order valence-corrected chi connectivity index (χ4v) is 2.54. The number of amidine groups is 1. The Hall–Kier alpha value is -1.08. The van der Waals surface area contributed by atoms with E-state index in [2.05, 4.69) is 15.3 Å². The van der Waals surface area contributed by atoms with E-state index in [1.165, 1.54) is 7.05 Å². The lowest BCUT2D eigenvalue weighted by molar-refractivity contribution is -0.129. The zero-order valence-electron chi connectivity index (χ0n) is 8.84. The van der Waals surface area contributed by atoms with E-state index in [1.807, 2.05) is 5.38 Å². The van der Waals surface area contributed by atoms with Crippen molar-refractivity contribution in [2.45, 2.75) is 5.75 Å². The van der Waals surface area contributed by atoms with E-state index in [0.29, 0.717) is 6.54 Å². The van der Waals surface area contributed by atoms with Crippen LogP contribution in [0.2, 0.25) is 0 Å². The summed E-state index contributed by atoms with van der Waals surface area (Å²) in [5.74, 6) is 0.680. The smallest absolute Gasteiger partial charge is 0.371 e. The van der Waals surface area contributed by atoms with E-state index in [4.69, 9.17) is 5.11 Å². The summed E-state index contributed by atoms with van der Waals surface area (Å²) in [5, 5.41) is 14.5. The van der Waals surface area contributed by atoms with Crippen molar-refractivity contribution >= 4 is 34.9 Å². The molecular weight excluding hydrogens is 246 g/mol. The van der Waals surface area contributed by atoms with Crippen molar-refractivity contribution < 1.29 is 9.90 Å². The first-order valence-corrected chi connectivity index (χ1v) is 6.67. The molecule has 0 aliphatic carbocycles. The molecule has 2 N–H and O–H groups in total. The topological polar surface area (TPSA) is 74.6 Å². The van der Waals surface area contributed by atoms with Crippen LogP contribution in [0.3, 0.4) is 0 Å². The van der Waals surface area contributed by atoms with Crippen LogP contribution in [0.1, 0.15) is 5.01 Å². The minimum Gasteiger partial charge on any atom is -0.475 e. The Kier molecular flexibility index (Phi) is 5.87. The standard InChI is InChI=1S/C9H13N3O2S2/c1-10-8(9(13)14)12-2-4-15-6-7-11-3-5-16-7/h3,5H,2,4,6H2,1H3,(H,10,12)(H,13,14). The first-order valence-electron chi connectivity index (χ1n) is 4.64. The Bertz CT molecular complexity index is 352. The molecule has 0 radical (unpaired) electrons.